The summed E-state index contributed by atoms with van der Waals surface area (Å²) in [5.74, 6) is -1.08. The van der Waals surface area contributed by atoms with Crippen LogP contribution in [0.2, 0.25) is 5.02 Å². The Morgan fingerprint density at radius 3 is 2.39 bits per heavy atom. The van der Waals surface area contributed by atoms with Crippen LogP contribution in [0.25, 0.3) is 0 Å². The summed E-state index contributed by atoms with van der Waals surface area (Å²) >= 11 is 5.63. The molecule has 0 bridgehead atoms. The van der Waals surface area contributed by atoms with Gasteiger partial charge in [0.05, 0.1) is 17.0 Å². The molecule has 6 nitrogen and oxygen atoms in total. The number of nitrogens with one attached hydrogen (secondary N) is 2. The van der Waals surface area contributed by atoms with Crippen LogP contribution in [0.5, 0.6) is 0 Å². The maximum atomic E-state index is 13.1. The third-order valence-electron chi connectivity index (χ3n) is 2.80. The molecule has 0 spiro atoms. The van der Waals surface area contributed by atoms with E-state index in [1.807, 2.05) is 4.89 Å². The van der Waals surface area contributed by atoms with Gasteiger partial charge >= 0.3 is 0 Å². The number of rotatable bonds is 5. The smallest absolute Gasteiger partial charge is 0.262 e. The van der Waals surface area contributed by atoms with Gasteiger partial charge in [0.2, 0.25) is 0 Å². The Bertz CT molecular complexity index is 825. The summed E-state index contributed by atoms with van der Waals surface area (Å²) in [4.78, 5) is 18.2. The number of anilines is 1. The minimum Gasteiger partial charge on any atom is -0.322 e. The Morgan fingerprint density at radius 2 is 1.83 bits per heavy atom. The molecule has 0 unspecified atom stereocenters. The van der Waals surface area contributed by atoms with Crippen molar-refractivity contribution in [3.63, 3.8) is 0 Å². The number of sulfonamides is 1. The summed E-state index contributed by atoms with van der Waals surface area (Å²) in [6.07, 6.45) is 0. The van der Waals surface area contributed by atoms with Gasteiger partial charge in [0.15, 0.2) is 0 Å². The van der Waals surface area contributed by atoms with Crippen LogP contribution in [0.3, 0.4) is 0 Å². The Kier molecular flexibility index (Phi) is 5.32. The van der Waals surface area contributed by atoms with E-state index in [4.69, 9.17) is 11.6 Å². The zero-order valence-electron chi connectivity index (χ0n) is 11.8. The summed E-state index contributed by atoms with van der Waals surface area (Å²) in [7, 11) is -2.61. The molecule has 0 radical (unpaired) electrons. The summed E-state index contributed by atoms with van der Waals surface area (Å²) in [5, 5.41) is 2.41. The lowest BCUT2D eigenvalue weighted by Crippen LogP contribution is -2.22. The van der Waals surface area contributed by atoms with Gasteiger partial charge in [-0.3, -0.25) is 9.63 Å². The second kappa shape index (κ2) is 7.05. The average molecular weight is 359 g/mol. The van der Waals surface area contributed by atoms with Gasteiger partial charge in [-0.05, 0) is 42.5 Å². The summed E-state index contributed by atoms with van der Waals surface area (Å²) in [5.41, 5.74) is 0.543. The molecule has 122 valence electrons. The lowest BCUT2D eigenvalue weighted by Gasteiger charge is -2.07. The lowest BCUT2D eigenvalue weighted by atomic mass is 10.2. The second-order valence-electron chi connectivity index (χ2n) is 4.40. The highest BCUT2D eigenvalue weighted by molar-refractivity contribution is 7.89. The zero-order chi connectivity index (χ0) is 17.0. The summed E-state index contributed by atoms with van der Waals surface area (Å²) in [6.45, 7) is 0. The van der Waals surface area contributed by atoms with E-state index in [2.05, 4.69) is 10.2 Å². The third kappa shape index (κ3) is 4.26. The number of amides is 1. The highest BCUT2D eigenvalue weighted by atomic mass is 35.5. The summed E-state index contributed by atoms with van der Waals surface area (Å²) < 4.78 is 36.4. The molecule has 2 aromatic rings. The van der Waals surface area contributed by atoms with Crippen molar-refractivity contribution in [2.75, 3.05) is 12.4 Å². The van der Waals surface area contributed by atoms with E-state index in [1.165, 1.54) is 43.5 Å². The maximum Gasteiger partial charge on any atom is 0.262 e. The molecule has 23 heavy (non-hydrogen) atoms. The summed E-state index contributed by atoms with van der Waals surface area (Å²) in [6, 6.07) is 8.96. The molecule has 0 aliphatic heterocycles. The van der Waals surface area contributed by atoms with E-state index in [0.29, 0.717) is 5.69 Å². The van der Waals surface area contributed by atoms with Crippen molar-refractivity contribution in [2.45, 2.75) is 4.90 Å². The molecule has 0 aromatic heterocycles. The third-order valence-corrected chi connectivity index (χ3v) is 4.37. The minimum absolute atomic E-state index is 0.0549. The first-order valence-corrected chi connectivity index (χ1v) is 8.11. The number of benzene rings is 2. The van der Waals surface area contributed by atoms with Crippen LogP contribution < -0.4 is 10.2 Å². The molecular weight excluding hydrogens is 347 g/mol. The minimum atomic E-state index is -3.79. The molecule has 0 aliphatic rings. The number of carbonyl (C=O) groups excluding carboxylic acids is 1. The van der Waals surface area contributed by atoms with Crippen molar-refractivity contribution in [1.82, 2.24) is 4.89 Å². The van der Waals surface area contributed by atoms with E-state index in [1.54, 1.807) is 0 Å². The molecule has 2 aromatic carbocycles. The Labute approximate surface area is 137 Å². The van der Waals surface area contributed by atoms with Crippen molar-refractivity contribution in [3.8, 4) is 0 Å². The molecule has 0 atom stereocenters. The highest BCUT2D eigenvalue weighted by Gasteiger charge is 2.14. The van der Waals surface area contributed by atoms with Gasteiger partial charge in [-0.25, -0.2) is 12.8 Å². The standard InChI is InChI=1S/C14H12ClFN2O4S/c1-22-18-23(20,21)11-5-2-9(3-6-11)14(19)17-10-4-7-13(16)12(15)8-10/h2-8,18H,1H3,(H,17,19). The monoisotopic (exact) mass is 358 g/mol. The Hall–Kier alpha value is -2.00. The molecule has 9 heteroatoms. The fraction of sp³-hybridized carbons (Fsp3) is 0.0714. The van der Waals surface area contributed by atoms with Crippen molar-refractivity contribution < 1.29 is 22.4 Å². The van der Waals surface area contributed by atoms with E-state index < -0.39 is 21.7 Å². The normalized spacial score (nSPS) is 11.3. The highest BCUT2D eigenvalue weighted by Crippen LogP contribution is 2.20. The van der Waals surface area contributed by atoms with Crippen molar-refractivity contribution >= 4 is 33.2 Å². The van der Waals surface area contributed by atoms with Crippen molar-refractivity contribution in [1.29, 1.82) is 0 Å². The molecule has 0 fully saturated rings. The van der Waals surface area contributed by atoms with Gasteiger partial charge in [-0.2, -0.15) is 0 Å². The van der Waals surface area contributed by atoms with Crippen molar-refractivity contribution in [2.24, 2.45) is 0 Å². The molecule has 2 N–H and O–H groups in total. The first-order chi connectivity index (χ1) is 10.8. The number of hydrogen-bond donors (Lipinski definition) is 2. The molecule has 2 rings (SSSR count). The van der Waals surface area contributed by atoms with Crippen molar-refractivity contribution in [3.05, 3.63) is 58.9 Å². The Morgan fingerprint density at radius 1 is 1.17 bits per heavy atom. The molecular formula is C14H12ClFN2O4S. The van der Waals surface area contributed by atoms with Gasteiger partial charge in [0.25, 0.3) is 15.9 Å². The van der Waals surface area contributed by atoms with E-state index in [0.717, 1.165) is 6.07 Å². The SMILES string of the molecule is CONS(=O)(=O)c1ccc(C(=O)Nc2ccc(F)c(Cl)c2)cc1. The maximum absolute atomic E-state index is 13.1. The van der Waals surface area contributed by atoms with Crippen LogP contribution in [0.1, 0.15) is 10.4 Å². The predicted octanol–water partition coefficient (Wildman–Crippen LogP) is 2.57. The van der Waals surface area contributed by atoms with Gasteiger partial charge in [0, 0.05) is 11.3 Å². The van der Waals surface area contributed by atoms with E-state index in [-0.39, 0.29) is 15.5 Å². The molecule has 0 heterocycles. The first-order valence-electron chi connectivity index (χ1n) is 6.25. The largest absolute Gasteiger partial charge is 0.322 e. The van der Waals surface area contributed by atoms with E-state index >= 15 is 0 Å². The van der Waals surface area contributed by atoms with Crippen LogP contribution in [0.15, 0.2) is 47.4 Å². The number of halogens is 2. The van der Waals surface area contributed by atoms with E-state index in [9.17, 15) is 17.6 Å². The van der Waals surface area contributed by atoms with Gasteiger partial charge in [0.1, 0.15) is 5.82 Å². The topological polar surface area (TPSA) is 84.5 Å². The van der Waals surface area contributed by atoms with Crippen LogP contribution in [-0.4, -0.2) is 21.4 Å². The van der Waals surface area contributed by atoms with Crippen LogP contribution in [0, 0.1) is 5.82 Å². The predicted molar refractivity (Wildman–Crippen MR) is 83.1 cm³/mol. The average Bonchev–Trinajstić information content (AvgIpc) is 2.51. The van der Waals surface area contributed by atoms with Crippen LogP contribution in [-0.2, 0) is 14.9 Å². The first kappa shape index (κ1) is 17.4. The molecule has 0 aliphatic carbocycles. The van der Waals surface area contributed by atoms with Gasteiger partial charge < -0.3 is 5.32 Å². The van der Waals surface area contributed by atoms with Crippen LogP contribution >= 0.6 is 11.6 Å². The molecule has 0 saturated carbocycles. The number of carbonyl (C=O) groups is 1. The fourth-order valence-corrected chi connectivity index (χ4v) is 2.71. The second-order valence-corrected chi connectivity index (χ2v) is 6.45. The van der Waals surface area contributed by atoms with Crippen LogP contribution in [0.4, 0.5) is 10.1 Å². The molecule has 0 saturated heterocycles. The quantitative estimate of drug-likeness (QED) is 0.804. The number of hydrogen-bond acceptors (Lipinski definition) is 4. The lowest BCUT2D eigenvalue weighted by molar-refractivity contribution is 0.102. The van der Waals surface area contributed by atoms with Gasteiger partial charge in [-0.15, -0.1) is 0 Å². The van der Waals surface area contributed by atoms with Gasteiger partial charge in [-0.1, -0.05) is 16.5 Å². The Balaban J connectivity index is 2.15. The zero-order valence-corrected chi connectivity index (χ0v) is 13.4. The molecule has 1 amide bonds. The fourth-order valence-electron chi connectivity index (χ4n) is 1.72.